The van der Waals surface area contributed by atoms with Gasteiger partial charge in [0.1, 0.15) is 0 Å². The fourth-order valence-corrected chi connectivity index (χ4v) is 3.20. The second kappa shape index (κ2) is 5.16. The summed E-state index contributed by atoms with van der Waals surface area (Å²) in [5, 5.41) is 0. The molecule has 1 aromatic rings. The maximum Gasteiger partial charge on any atom is 0.232 e. The van der Waals surface area contributed by atoms with Crippen molar-refractivity contribution in [3.63, 3.8) is 0 Å². The lowest BCUT2D eigenvalue weighted by Crippen LogP contribution is -2.19. The smallest absolute Gasteiger partial charge is 0.232 e. The number of anilines is 1. The number of halogens is 1. The van der Waals surface area contributed by atoms with E-state index in [0.717, 1.165) is 3.57 Å². The van der Waals surface area contributed by atoms with Crippen molar-refractivity contribution in [2.75, 3.05) is 10.5 Å². The molecular weight excluding hydrogens is 325 g/mol. The van der Waals surface area contributed by atoms with E-state index in [1.54, 1.807) is 12.1 Å². The number of hydrogen-bond donors (Lipinski definition) is 1. The molecule has 0 radical (unpaired) electrons. The van der Waals surface area contributed by atoms with E-state index >= 15 is 0 Å². The highest BCUT2D eigenvalue weighted by molar-refractivity contribution is 14.1. The number of hydrogen-bond acceptors (Lipinski definition) is 2. The van der Waals surface area contributed by atoms with Crippen LogP contribution in [0.1, 0.15) is 13.8 Å². The Kier molecular flexibility index (Phi) is 4.39. The van der Waals surface area contributed by atoms with Crippen LogP contribution in [0, 0.1) is 9.49 Å². The molecule has 84 valence electrons. The first-order valence-electron chi connectivity index (χ1n) is 4.65. The summed E-state index contributed by atoms with van der Waals surface area (Å²) in [7, 11) is -3.20. The fraction of sp³-hybridized carbons (Fsp3) is 0.400. The van der Waals surface area contributed by atoms with E-state index in [2.05, 4.69) is 27.3 Å². The molecule has 15 heavy (non-hydrogen) atoms. The Morgan fingerprint density at radius 2 is 2.07 bits per heavy atom. The normalized spacial score (nSPS) is 11.7. The van der Waals surface area contributed by atoms with Crippen LogP contribution in [-0.4, -0.2) is 14.2 Å². The van der Waals surface area contributed by atoms with Crippen molar-refractivity contribution in [3.8, 4) is 0 Å². The third-order valence-corrected chi connectivity index (χ3v) is 3.97. The van der Waals surface area contributed by atoms with Crippen LogP contribution in [0.25, 0.3) is 0 Å². The van der Waals surface area contributed by atoms with Crippen molar-refractivity contribution in [3.05, 3.63) is 27.8 Å². The predicted molar refractivity (Wildman–Crippen MR) is 71.4 cm³/mol. The largest absolute Gasteiger partial charge is 0.284 e. The Labute approximate surface area is 104 Å². The van der Waals surface area contributed by atoms with Crippen LogP contribution >= 0.6 is 22.6 Å². The summed E-state index contributed by atoms with van der Waals surface area (Å²) in [4.78, 5) is 0. The molecule has 0 aromatic heterocycles. The average molecular weight is 339 g/mol. The Morgan fingerprint density at radius 1 is 1.40 bits per heavy atom. The van der Waals surface area contributed by atoms with E-state index in [9.17, 15) is 8.42 Å². The number of sulfonamides is 1. The van der Waals surface area contributed by atoms with E-state index in [0.29, 0.717) is 5.69 Å². The molecule has 1 N–H and O–H groups in total. The fourth-order valence-electron chi connectivity index (χ4n) is 1.21. The van der Waals surface area contributed by atoms with Crippen LogP contribution in [0.15, 0.2) is 24.3 Å². The van der Waals surface area contributed by atoms with Gasteiger partial charge >= 0.3 is 0 Å². The number of rotatable bonds is 4. The van der Waals surface area contributed by atoms with Gasteiger partial charge in [0.2, 0.25) is 10.0 Å². The lowest BCUT2D eigenvalue weighted by atomic mass is 10.3. The molecule has 0 unspecified atom stereocenters. The summed E-state index contributed by atoms with van der Waals surface area (Å²) in [6, 6.07) is 7.30. The van der Waals surface area contributed by atoms with Crippen molar-refractivity contribution < 1.29 is 8.42 Å². The van der Waals surface area contributed by atoms with Gasteiger partial charge in [0, 0.05) is 9.26 Å². The third-order valence-electron chi connectivity index (χ3n) is 1.65. The van der Waals surface area contributed by atoms with E-state index in [1.165, 1.54) is 0 Å². The third kappa shape index (κ3) is 4.83. The van der Waals surface area contributed by atoms with Crippen molar-refractivity contribution in [1.29, 1.82) is 0 Å². The summed E-state index contributed by atoms with van der Waals surface area (Å²) in [5.74, 6) is 0.281. The zero-order chi connectivity index (χ0) is 11.5. The molecule has 0 atom stereocenters. The zero-order valence-electron chi connectivity index (χ0n) is 8.70. The van der Waals surface area contributed by atoms with Crippen LogP contribution in [0.5, 0.6) is 0 Å². The van der Waals surface area contributed by atoms with Crippen molar-refractivity contribution >= 4 is 38.3 Å². The Bertz CT molecular complexity index is 429. The molecule has 0 saturated heterocycles. The maximum absolute atomic E-state index is 11.6. The molecular formula is C10H14INO2S. The van der Waals surface area contributed by atoms with Gasteiger partial charge in [0.25, 0.3) is 0 Å². The number of benzene rings is 1. The van der Waals surface area contributed by atoms with Gasteiger partial charge in [-0.3, -0.25) is 4.72 Å². The van der Waals surface area contributed by atoms with Crippen LogP contribution in [0.2, 0.25) is 0 Å². The first-order chi connectivity index (χ1) is 6.89. The minimum atomic E-state index is -3.20. The van der Waals surface area contributed by atoms with Crippen molar-refractivity contribution in [1.82, 2.24) is 0 Å². The summed E-state index contributed by atoms with van der Waals surface area (Å²) < 4.78 is 26.8. The molecule has 0 aliphatic carbocycles. The highest BCUT2D eigenvalue weighted by atomic mass is 127. The molecule has 0 aliphatic rings. The molecule has 0 aliphatic heterocycles. The number of nitrogens with one attached hydrogen (secondary N) is 1. The molecule has 5 heteroatoms. The minimum absolute atomic E-state index is 0.130. The lowest BCUT2D eigenvalue weighted by Gasteiger charge is -2.09. The summed E-state index contributed by atoms with van der Waals surface area (Å²) in [6.45, 7) is 3.77. The molecule has 0 bridgehead atoms. The van der Waals surface area contributed by atoms with Gasteiger partial charge in [0.15, 0.2) is 0 Å². The zero-order valence-corrected chi connectivity index (χ0v) is 11.7. The SMILES string of the molecule is CC(C)CS(=O)(=O)Nc1cccc(I)c1. The van der Waals surface area contributed by atoms with Gasteiger partial charge in [-0.15, -0.1) is 0 Å². The second-order valence-electron chi connectivity index (χ2n) is 3.79. The minimum Gasteiger partial charge on any atom is -0.284 e. The first-order valence-corrected chi connectivity index (χ1v) is 7.38. The Hall–Kier alpha value is -0.300. The lowest BCUT2D eigenvalue weighted by molar-refractivity contribution is 0.587. The summed E-state index contributed by atoms with van der Waals surface area (Å²) >= 11 is 2.15. The highest BCUT2D eigenvalue weighted by Crippen LogP contribution is 2.14. The van der Waals surface area contributed by atoms with Gasteiger partial charge in [-0.25, -0.2) is 8.42 Å². The molecule has 1 aromatic carbocycles. The monoisotopic (exact) mass is 339 g/mol. The molecule has 3 nitrogen and oxygen atoms in total. The molecule has 0 spiro atoms. The van der Waals surface area contributed by atoms with Crippen LogP contribution < -0.4 is 4.72 Å². The van der Waals surface area contributed by atoms with Crippen molar-refractivity contribution in [2.45, 2.75) is 13.8 Å². The first kappa shape index (κ1) is 12.8. The van der Waals surface area contributed by atoms with E-state index in [4.69, 9.17) is 0 Å². The van der Waals surface area contributed by atoms with Crippen LogP contribution in [0.4, 0.5) is 5.69 Å². The van der Waals surface area contributed by atoms with Crippen molar-refractivity contribution in [2.24, 2.45) is 5.92 Å². The molecule has 0 fully saturated rings. The summed E-state index contributed by atoms with van der Waals surface area (Å²) in [6.07, 6.45) is 0. The maximum atomic E-state index is 11.6. The second-order valence-corrected chi connectivity index (χ2v) is 6.80. The molecule has 0 heterocycles. The standard InChI is InChI=1S/C10H14INO2S/c1-8(2)7-15(13,14)12-10-5-3-4-9(11)6-10/h3-6,8,12H,7H2,1-2H3. The van der Waals surface area contributed by atoms with Gasteiger partial charge in [0.05, 0.1) is 5.75 Å². The summed E-state index contributed by atoms with van der Waals surface area (Å²) in [5.41, 5.74) is 0.627. The molecule has 1 rings (SSSR count). The van der Waals surface area contributed by atoms with Crippen LogP contribution in [-0.2, 0) is 10.0 Å². The topological polar surface area (TPSA) is 46.2 Å². The van der Waals surface area contributed by atoms with Gasteiger partial charge in [-0.2, -0.15) is 0 Å². The van der Waals surface area contributed by atoms with Gasteiger partial charge < -0.3 is 0 Å². The Balaban J connectivity index is 2.78. The van der Waals surface area contributed by atoms with E-state index in [1.807, 2.05) is 26.0 Å². The highest BCUT2D eigenvalue weighted by Gasteiger charge is 2.12. The average Bonchev–Trinajstić information content (AvgIpc) is 1.99. The molecule has 0 saturated carbocycles. The van der Waals surface area contributed by atoms with Crippen LogP contribution in [0.3, 0.4) is 0 Å². The predicted octanol–water partition coefficient (Wildman–Crippen LogP) is 2.69. The Morgan fingerprint density at radius 3 is 2.60 bits per heavy atom. The van der Waals surface area contributed by atoms with Gasteiger partial charge in [-0.05, 0) is 46.7 Å². The van der Waals surface area contributed by atoms with E-state index in [-0.39, 0.29) is 11.7 Å². The quantitative estimate of drug-likeness (QED) is 0.858. The molecule has 0 amide bonds. The van der Waals surface area contributed by atoms with E-state index < -0.39 is 10.0 Å². The van der Waals surface area contributed by atoms with Gasteiger partial charge in [-0.1, -0.05) is 19.9 Å².